The van der Waals surface area contributed by atoms with Crippen molar-refractivity contribution in [1.82, 2.24) is 20.2 Å². The molecule has 0 aromatic heterocycles. The minimum atomic E-state index is 0.00764. The maximum Gasteiger partial charge on any atom is 0.240 e. The number of carbonyl (C=O) groups is 1. The standard InChI is InChI=1S/C16H20N4O/c21-16(13-6-2-8-17-13)20-9-3-7-14(20)15-18-10-11-4-1-5-12(11)19-15/h1,4-5,10,13-14,17H,2-3,6-9H2,(H,18,19). The second kappa shape index (κ2) is 5.15. The smallest absolute Gasteiger partial charge is 0.240 e. The number of rotatable bonds is 2. The van der Waals surface area contributed by atoms with Crippen LogP contribution in [-0.2, 0) is 4.79 Å². The molecule has 4 aliphatic rings. The van der Waals surface area contributed by atoms with E-state index in [1.807, 2.05) is 23.2 Å². The Labute approximate surface area is 124 Å². The SMILES string of the molecule is O=C(C1CCCN1)N1CCCC1c1ncc2cccc-2[nH]1. The van der Waals surface area contributed by atoms with Crippen LogP contribution in [0.1, 0.15) is 37.5 Å². The minimum absolute atomic E-state index is 0.00764. The quantitative estimate of drug-likeness (QED) is 0.886. The third kappa shape index (κ3) is 2.21. The Balaban J connectivity index is 1.61. The molecule has 5 nitrogen and oxygen atoms in total. The molecule has 110 valence electrons. The molecule has 21 heavy (non-hydrogen) atoms. The van der Waals surface area contributed by atoms with Gasteiger partial charge in [-0.15, -0.1) is 0 Å². The number of hydrogen-bond acceptors (Lipinski definition) is 3. The average Bonchev–Trinajstić information content (AvgIpc) is 3.24. The van der Waals surface area contributed by atoms with Gasteiger partial charge in [-0.05, 0) is 38.3 Å². The van der Waals surface area contributed by atoms with Gasteiger partial charge in [0.05, 0.1) is 12.1 Å². The second-order valence-electron chi connectivity index (χ2n) is 6.00. The van der Waals surface area contributed by atoms with Crippen LogP contribution >= 0.6 is 0 Å². The summed E-state index contributed by atoms with van der Waals surface area (Å²) < 4.78 is 0. The van der Waals surface area contributed by atoms with Crippen molar-refractivity contribution in [3.05, 3.63) is 30.2 Å². The number of carbonyl (C=O) groups excluding carboxylic acids is 1. The number of aromatic nitrogens is 2. The first kappa shape index (κ1) is 12.8. The molecule has 4 rings (SSSR count). The summed E-state index contributed by atoms with van der Waals surface area (Å²) in [6, 6.07) is 6.22. The van der Waals surface area contributed by atoms with Crippen LogP contribution < -0.4 is 5.32 Å². The van der Waals surface area contributed by atoms with Crippen LogP contribution in [0.15, 0.2) is 24.4 Å². The summed E-state index contributed by atoms with van der Waals surface area (Å²) in [4.78, 5) is 22.6. The van der Waals surface area contributed by atoms with Crippen molar-refractivity contribution in [2.45, 2.75) is 37.8 Å². The number of fused-ring (bicyclic) bond motifs is 1. The van der Waals surface area contributed by atoms with Gasteiger partial charge in [-0.1, -0.05) is 12.1 Å². The van der Waals surface area contributed by atoms with E-state index >= 15 is 0 Å². The molecule has 2 unspecified atom stereocenters. The van der Waals surface area contributed by atoms with E-state index in [2.05, 4.69) is 21.4 Å². The van der Waals surface area contributed by atoms with Gasteiger partial charge in [-0.3, -0.25) is 4.79 Å². The molecule has 1 amide bonds. The second-order valence-corrected chi connectivity index (χ2v) is 6.00. The first-order chi connectivity index (χ1) is 10.3. The van der Waals surface area contributed by atoms with Gasteiger partial charge in [0.1, 0.15) is 5.82 Å². The molecule has 3 heterocycles. The molecule has 0 saturated carbocycles. The van der Waals surface area contributed by atoms with Gasteiger partial charge in [-0.2, -0.15) is 0 Å². The van der Waals surface area contributed by atoms with Crippen molar-refractivity contribution < 1.29 is 4.79 Å². The number of hydrogen-bond donors (Lipinski definition) is 2. The van der Waals surface area contributed by atoms with Gasteiger partial charge in [0.25, 0.3) is 0 Å². The predicted molar refractivity (Wildman–Crippen MR) is 79.9 cm³/mol. The molecular formula is C16H20N4O. The minimum Gasteiger partial charge on any atom is -0.341 e. The lowest BCUT2D eigenvalue weighted by atomic mass is 10.1. The molecule has 1 aliphatic carbocycles. The summed E-state index contributed by atoms with van der Waals surface area (Å²) in [5.74, 6) is 1.16. The number of nitrogens with one attached hydrogen (secondary N) is 2. The summed E-state index contributed by atoms with van der Waals surface area (Å²) in [5, 5.41) is 3.31. The van der Waals surface area contributed by atoms with E-state index in [4.69, 9.17) is 0 Å². The Morgan fingerprint density at radius 3 is 3.10 bits per heavy atom. The highest BCUT2D eigenvalue weighted by Gasteiger charge is 2.36. The van der Waals surface area contributed by atoms with Crippen LogP contribution in [0, 0.1) is 0 Å². The van der Waals surface area contributed by atoms with E-state index in [9.17, 15) is 4.79 Å². The van der Waals surface area contributed by atoms with Crippen molar-refractivity contribution in [2.24, 2.45) is 0 Å². The van der Waals surface area contributed by atoms with E-state index in [-0.39, 0.29) is 18.0 Å². The number of nitrogens with zero attached hydrogens (tertiary/aromatic N) is 2. The zero-order valence-electron chi connectivity index (χ0n) is 12.0. The third-order valence-electron chi connectivity index (χ3n) is 4.67. The Kier molecular flexibility index (Phi) is 3.15. The van der Waals surface area contributed by atoms with E-state index in [1.54, 1.807) is 0 Å². The van der Waals surface area contributed by atoms with E-state index in [0.29, 0.717) is 0 Å². The molecule has 0 aromatic rings. The first-order valence-corrected chi connectivity index (χ1v) is 7.80. The molecular weight excluding hydrogens is 264 g/mol. The monoisotopic (exact) mass is 284 g/mol. The van der Waals surface area contributed by atoms with E-state index in [1.165, 1.54) is 0 Å². The highest BCUT2D eigenvalue weighted by atomic mass is 16.2. The lowest BCUT2D eigenvalue weighted by Crippen LogP contribution is -2.43. The van der Waals surface area contributed by atoms with Gasteiger partial charge < -0.3 is 15.2 Å². The number of H-pyrrole nitrogens is 1. The predicted octanol–water partition coefficient (Wildman–Crippen LogP) is 1.93. The van der Waals surface area contributed by atoms with Crippen LogP contribution in [0.4, 0.5) is 0 Å². The fourth-order valence-electron chi connectivity index (χ4n) is 3.55. The molecule has 0 spiro atoms. The van der Waals surface area contributed by atoms with Crippen LogP contribution in [0.3, 0.4) is 0 Å². The Hall–Kier alpha value is -1.88. The van der Waals surface area contributed by atoms with Gasteiger partial charge in [0.2, 0.25) is 5.91 Å². The van der Waals surface area contributed by atoms with E-state index in [0.717, 1.165) is 55.9 Å². The van der Waals surface area contributed by atoms with Crippen LogP contribution in [0.5, 0.6) is 0 Å². The highest BCUT2D eigenvalue weighted by molar-refractivity contribution is 5.82. The van der Waals surface area contributed by atoms with Crippen LogP contribution in [-0.4, -0.2) is 39.9 Å². The average molecular weight is 284 g/mol. The number of amides is 1. The van der Waals surface area contributed by atoms with Gasteiger partial charge >= 0.3 is 0 Å². The summed E-state index contributed by atoms with van der Waals surface area (Å²) in [7, 11) is 0. The van der Waals surface area contributed by atoms with Crippen molar-refractivity contribution in [1.29, 1.82) is 0 Å². The molecule has 2 N–H and O–H groups in total. The Morgan fingerprint density at radius 2 is 2.24 bits per heavy atom. The fraction of sp³-hybridized carbons (Fsp3) is 0.500. The molecule has 5 heteroatoms. The summed E-state index contributed by atoms with van der Waals surface area (Å²) >= 11 is 0. The molecule has 0 bridgehead atoms. The van der Waals surface area contributed by atoms with Crippen molar-refractivity contribution >= 4 is 5.91 Å². The number of aromatic amines is 1. The lowest BCUT2D eigenvalue weighted by Gasteiger charge is -2.27. The first-order valence-electron chi connectivity index (χ1n) is 7.80. The topological polar surface area (TPSA) is 61.0 Å². The fourth-order valence-corrected chi connectivity index (χ4v) is 3.55. The van der Waals surface area contributed by atoms with Crippen LogP contribution in [0.25, 0.3) is 11.3 Å². The van der Waals surface area contributed by atoms with Crippen LogP contribution in [0.2, 0.25) is 0 Å². The third-order valence-corrected chi connectivity index (χ3v) is 4.67. The molecule has 2 saturated heterocycles. The normalized spacial score (nSPS) is 25.8. The molecule has 0 radical (unpaired) electrons. The maximum atomic E-state index is 12.7. The van der Waals surface area contributed by atoms with Gasteiger partial charge in [-0.25, -0.2) is 4.98 Å². The summed E-state index contributed by atoms with van der Waals surface area (Å²) in [5.41, 5.74) is 2.21. The van der Waals surface area contributed by atoms with Crippen molar-refractivity contribution in [3.8, 4) is 11.3 Å². The Bertz CT molecular complexity index is 617. The highest BCUT2D eigenvalue weighted by Crippen LogP contribution is 2.32. The zero-order valence-corrected chi connectivity index (χ0v) is 12.0. The zero-order chi connectivity index (χ0) is 14.2. The van der Waals surface area contributed by atoms with Crippen molar-refractivity contribution in [3.63, 3.8) is 0 Å². The van der Waals surface area contributed by atoms with Gasteiger partial charge in [0.15, 0.2) is 0 Å². The van der Waals surface area contributed by atoms with Crippen molar-refractivity contribution in [2.75, 3.05) is 13.1 Å². The molecule has 0 aromatic carbocycles. The molecule has 2 atom stereocenters. The summed E-state index contributed by atoms with van der Waals surface area (Å²) in [6.45, 7) is 1.80. The van der Waals surface area contributed by atoms with E-state index < -0.39 is 0 Å². The molecule has 2 fully saturated rings. The molecule has 3 aliphatic heterocycles. The maximum absolute atomic E-state index is 12.7. The largest absolute Gasteiger partial charge is 0.341 e. The van der Waals surface area contributed by atoms with Gasteiger partial charge in [0, 0.05) is 24.0 Å². The Morgan fingerprint density at radius 1 is 1.29 bits per heavy atom. The summed E-state index contributed by atoms with van der Waals surface area (Å²) in [6.07, 6.45) is 6.00. The number of likely N-dealkylation sites (tertiary alicyclic amines) is 1. The lowest BCUT2D eigenvalue weighted by molar-refractivity contribution is -0.134.